The first-order valence-electron chi connectivity index (χ1n) is 6.86. The quantitative estimate of drug-likeness (QED) is 0.789. The van der Waals surface area contributed by atoms with Gasteiger partial charge >= 0.3 is 0 Å². The molecular formula is C13H24N2O. The first-order valence-corrected chi connectivity index (χ1v) is 6.86. The Hall–Kier alpha value is -0.570. The Labute approximate surface area is 98.6 Å². The third-order valence-electron chi connectivity index (χ3n) is 3.90. The topological polar surface area (TPSA) is 32.3 Å². The molecule has 0 aromatic carbocycles. The van der Waals surface area contributed by atoms with E-state index in [1.165, 1.54) is 45.2 Å². The van der Waals surface area contributed by atoms with Crippen LogP contribution in [0.25, 0.3) is 0 Å². The molecular weight excluding hydrogens is 200 g/mol. The van der Waals surface area contributed by atoms with Gasteiger partial charge in [0.05, 0.1) is 0 Å². The highest BCUT2D eigenvalue weighted by molar-refractivity contribution is 5.78. The van der Waals surface area contributed by atoms with Crippen molar-refractivity contribution in [3.05, 3.63) is 0 Å². The van der Waals surface area contributed by atoms with E-state index in [1.807, 2.05) is 0 Å². The molecule has 0 atom stereocenters. The summed E-state index contributed by atoms with van der Waals surface area (Å²) in [5.74, 6) is 0.617. The number of likely N-dealkylation sites (tertiary alicyclic amines) is 1. The van der Waals surface area contributed by atoms with Crippen LogP contribution >= 0.6 is 0 Å². The van der Waals surface area contributed by atoms with Crippen LogP contribution in [0.5, 0.6) is 0 Å². The number of rotatable bonds is 4. The molecule has 0 spiro atoms. The standard InChI is InChI=1S/C13H24N2O/c16-13(12-6-2-1-3-7-12)14-8-11-15-9-4-5-10-15/h12H,1-11H2,(H,14,16). The molecule has 1 heterocycles. The van der Waals surface area contributed by atoms with Crippen LogP contribution in [0, 0.1) is 5.92 Å². The molecule has 2 aliphatic rings. The fourth-order valence-corrected chi connectivity index (χ4v) is 2.85. The second-order valence-corrected chi connectivity index (χ2v) is 5.17. The van der Waals surface area contributed by atoms with Crippen LogP contribution in [0.1, 0.15) is 44.9 Å². The SMILES string of the molecule is O=C(NCCN1CCCC1)C1CCCCC1. The molecule has 92 valence electrons. The predicted octanol–water partition coefficient (Wildman–Crippen LogP) is 1.78. The lowest BCUT2D eigenvalue weighted by Gasteiger charge is -2.21. The average molecular weight is 224 g/mol. The van der Waals surface area contributed by atoms with Gasteiger partial charge in [-0.25, -0.2) is 0 Å². The van der Waals surface area contributed by atoms with Gasteiger partial charge < -0.3 is 10.2 Å². The Morgan fingerprint density at radius 2 is 1.75 bits per heavy atom. The van der Waals surface area contributed by atoms with Gasteiger partial charge in [-0.05, 0) is 38.8 Å². The highest BCUT2D eigenvalue weighted by atomic mass is 16.1. The molecule has 1 saturated heterocycles. The lowest BCUT2D eigenvalue weighted by molar-refractivity contribution is -0.125. The van der Waals surface area contributed by atoms with Crippen molar-refractivity contribution in [2.75, 3.05) is 26.2 Å². The van der Waals surface area contributed by atoms with E-state index < -0.39 is 0 Å². The second-order valence-electron chi connectivity index (χ2n) is 5.17. The molecule has 1 aliphatic carbocycles. The van der Waals surface area contributed by atoms with E-state index in [4.69, 9.17) is 0 Å². The van der Waals surface area contributed by atoms with Gasteiger partial charge in [0.25, 0.3) is 0 Å². The maximum Gasteiger partial charge on any atom is 0.223 e. The van der Waals surface area contributed by atoms with Crippen molar-refractivity contribution in [2.45, 2.75) is 44.9 Å². The Kier molecular flexibility index (Phi) is 4.64. The number of nitrogens with zero attached hydrogens (tertiary/aromatic N) is 1. The van der Waals surface area contributed by atoms with Gasteiger partial charge in [0, 0.05) is 19.0 Å². The Morgan fingerprint density at radius 3 is 2.44 bits per heavy atom. The largest absolute Gasteiger partial charge is 0.355 e. The van der Waals surface area contributed by atoms with Gasteiger partial charge in [-0.15, -0.1) is 0 Å². The third kappa shape index (κ3) is 3.48. The van der Waals surface area contributed by atoms with Crippen molar-refractivity contribution in [1.29, 1.82) is 0 Å². The van der Waals surface area contributed by atoms with Crippen molar-refractivity contribution in [3.8, 4) is 0 Å². The van der Waals surface area contributed by atoms with E-state index in [1.54, 1.807) is 0 Å². The van der Waals surface area contributed by atoms with E-state index >= 15 is 0 Å². The van der Waals surface area contributed by atoms with Crippen LogP contribution in [0.4, 0.5) is 0 Å². The average Bonchev–Trinajstić information content (AvgIpc) is 2.83. The first-order chi connectivity index (χ1) is 7.86. The number of carbonyl (C=O) groups is 1. The maximum atomic E-state index is 11.8. The monoisotopic (exact) mass is 224 g/mol. The summed E-state index contributed by atoms with van der Waals surface area (Å²) in [6.07, 6.45) is 8.67. The van der Waals surface area contributed by atoms with E-state index in [9.17, 15) is 4.79 Å². The summed E-state index contributed by atoms with van der Waals surface area (Å²) < 4.78 is 0. The summed E-state index contributed by atoms with van der Waals surface area (Å²) in [5.41, 5.74) is 0. The Morgan fingerprint density at radius 1 is 1.06 bits per heavy atom. The van der Waals surface area contributed by atoms with Crippen LogP contribution in [-0.4, -0.2) is 37.0 Å². The summed E-state index contributed by atoms with van der Waals surface area (Å²) in [7, 11) is 0. The summed E-state index contributed by atoms with van der Waals surface area (Å²) in [6.45, 7) is 4.33. The zero-order valence-corrected chi connectivity index (χ0v) is 10.2. The van der Waals surface area contributed by atoms with Gasteiger partial charge in [-0.2, -0.15) is 0 Å². The number of hydrogen-bond acceptors (Lipinski definition) is 2. The molecule has 2 fully saturated rings. The van der Waals surface area contributed by atoms with E-state index in [-0.39, 0.29) is 0 Å². The van der Waals surface area contributed by atoms with Crippen molar-refractivity contribution in [1.82, 2.24) is 10.2 Å². The summed E-state index contributed by atoms with van der Waals surface area (Å²) >= 11 is 0. The number of carbonyl (C=O) groups excluding carboxylic acids is 1. The van der Waals surface area contributed by atoms with Crippen LogP contribution in [0.15, 0.2) is 0 Å². The van der Waals surface area contributed by atoms with Crippen molar-refractivity contribution in [2.24, 2.45) is 5.92 Å². The van der Waals surface area contributed by atoms with E-state index in [0.717, 1.165) is 25.9 Å². The van der Waals surface area contributed by atoms with E-state index in [0.29, 0.717) is 11.8 Å². The molecule has 1 aliphatic heterocycles. The zero-order chi connectivity index (χ0) is 11.2. The molecule has 1 saturated carbocycles. The highest BCUT2D eigenvalue weighted by Crippen LogP contribution is 2.23. The van der Waals surface area contributed by atoms with Crippen LogP contribution in [-0.2, 0) is 4.79 Å². The van der Waals surface area contributed by atoms with Gasteiger partial charge in [-0.1, -0.05) is 19.3 Å². The van der Waals surface area contributed by atoms with Gasteiger partial charge in [0.2, 0.25) is 5.91 Å². The molecule has 0 bridgehead atoms. The molecule has 0 radical (unpaired) electrons. The molecule has 3 heteroatoms. The van der Waals surface area contributed by atoms with Crippen LogP contribution < -0.4 is 5.32 Å². The van der Waals surface area contributed by atoms with Crippen molar-refractivity contribution < 1.29 is 4.79 Å². The lowest BCUT2D eigenvalue weighted by atomic mass is 9.89. The number of hydrogen-bond donors (Lipinski definition) is 1. The van der Waals surface area contributed by atoms with Gasteiger partial charge in [0.1, 0.15) is 0 Å². The zero-order valence-electron chi connectivity index (χ0n) is 10.2. The van der Waals surface area contributed by atoms with Crippen molar-refractivity contribution in [3.63, 3.8) is 0 Å². The fourth-order valence-electron chi connectivity index (χ4n) is 2.85. The normalized spacial score (nSPS) is 23.5. The molecule has 1 N–H and O–H groups in total. The molecule has 16 heavy (non-hydrogen) atoms. The minimum atomic E-state index is 0.305. The molecule has 3 nitrogen and oxygen atoms in total. The summed E-state index contributed by atoms with van der Waals surface area (Å²) in [5, 5.41) is 3.10. The molecule has 0 unspecified atom stereocenters. The molecule has 0 aromatic rings. The minimum Gasteiger partial charge on any atom is -0.355 e. The summed E-state index contributed by atoms with van der Waals surface area (Å²) in [6, 6.07) is 0. The number of amides is 1. The lowest BCUT2D eigenvalue weighted by Crippen LogP contribution is -2.37. The fraction of sp³-hybridized carbons (Fsp3) is 0.923. The number of nitrogens with one attached hydrogen (secondary N) is 1. The maximum absolute atomic E-state index is 11.8. The van der Waals surface area contributed by atoms with Crippen molar-refractivity contribution >= 4 is 5.91 Å². The Balaban J connectivity index is 1.59. The third-order valence-corrected chi connectivity index (χ3v) is 3.90. The predicted molar refractivity (Wildman–Crippen MR) is 65.3 cm³/mol. The van der Waals surface area contributed by atoms with Gasteiger partial charge in [0.15, 0.2) is 0 Å². The van der Waals surface area contributed by atoms with E-state index in [2.05, 4.69) is 10.2 Å². The molecule has 0 aromatic heterocycles. The van der Waals surface area contributed by atoms with Crippen LogP contribution in [0.3, 0.4) is 0 Å². The first kappa shape index (κ1) is 11.9. The summed E-state index contributed by atoms with van der Waals surface area (Å²) in [4.78, 5) is 14.3. The van der Waals surface area contributed by atoms with Crippen LogP contribution in [0.2, 0.25) is 0 Å². The Bertz CT molecular complexity index is 218. The molecule has 2 rings (SSSR count). The van der Waals surface area contributed by atoms with Gasteiger partial charge in [-0.3, -0.25) is 4.79 Å². The molecule has 1 amide bonds. The minimum absolute atomic E-state index is 0.305. The highest BCUT2D eigenvalue weighted by Gasteiger charge is 2.20. The second kappa shape index (κ2) is 6.24. The smallest absolute Gasteiger partial charge is 0.223 e.